The summed E-state index contributed by atoms with van der Waals surface area (Å²) in [6, 6.07) is 1.25. The molecule has 0 radical (unpaired) electrons. The third-order valence-electron chi connectivity index (χ3n) is 4.67. The fourth-order valence-electron chi connectivity index (χ4n) is 3.49. The van der Waals surface area contributed by atoms with Gasteiger partial charge in [-0.05, 0) is 38.0 Å². The second kappa shape index (κ2) is 7.21. The van der Waals surface area contributed by atoms with E-state index in [1.807, 2.05) is 0 Å². The summed E-state index contributed by atoms with van der Waals surface area (Å²) in [6.45, 7) is 7.75. The van der Waals surface area contributed by atoms with Crippen LogP contribution in [-0.2, 0) is 4.74 Å². The first-order valence-electron chi connectivity index (χ1n) is 8.20. The Labute approximate surface area is 123 Å². The molecule has 0 aromatic heterocycles. The van der Waals surface area contributed by atoms with E-state index in [4.69, 9.17) is 4.74 Å². The van der Waals surface area contributed by atoms with E-state index in [0.717, 1.165) is 32.5 Å². The van der Waals surface area contributed by atoms with Crippen LogP contribution in [0.3, 0.4) is 0 Å². The van der Waals surface area contributed by atoms with Crippen LogP contribution in [-0.4, -0.2) is 61.0 Å². The van der Waals surface area contributed by atoms with Crippen molar-refractivity contribution in [3.05, 3.63) is 0 Å². The van der Waals surface area contributed by atoms with Crippen LogP contribution < -0.4 is 5.32 Å². The fraction of sp³-hybridized carbons (Fsp3) is 1.00. The lowest BCUT2D eigenvalue weighted by Gasteiger charge is -2.33. The summed E-state index contributed by atoms with van der Waals surface area (Å²) in [6.07, 6.45) is 5.94. The average Bonchev–Trinajstić information content (AvgIpc) is 3.12. The normalized spacial score (nSPS) is 30.6. The summed E-state index contributed by atoms with van der Waals surface area (Å²) in [7, 11) is 1.77. The number of methoxy groups -OCH3 is 1. The topological polar surface area (TPSA) is 44.7 Å². The van der Waals surface area contributed by atoms with Crippen LogP contribution in [0.25, 0.3) is 0 Å². The first-order valence-corrected chi connectivity index (χ1v) is 8.20. The molecule has 0 aromatic rings. The zero-order valence-electron chi connectivity index (χ0n) is 13.4. The van der Waals surface area contributed by atoms with Crippen molar-refractivity contribution in [2.45, 2.75) is 63.6 Å². The predicted octanol–water partition coefficient (Wildman–Crippen LogP) is 1.63. The van der Waals surface area contributed by atoms with Crippen molar-refractivity contribution >= 4 is 0 Å². The van der Waals surface area contributed by atoms with Crippen LogP contribution in [0.4, 0.5) is 0 Å². The van der Waals surface area contributed by atoms with E-state index in [1.165, 1.54) is 19.3 Å². The standard InChI is InChI=1S/C16H32N2O2/c1-13(2)11-18(8-9-20-3)15-6-7-16(10-15,12-19)17-14-4-5-14/h13-15,17,19H,4-12H2,1-3H3. The van der Waals surface area contributed by atoms with Gasteiger partial charge in [0, 0.05) is 37.8 Å². The Kier molecular flexibility index (Phi) is 5.84. The van der Waals surface area contributed by atoms with Gasteiger partial charge in [-0.1, -0.05) is 13.8 Å². The van der Waals surface area contributed by atoms with Crippen molar-refractivity contribution in [1.82, 2.24) is 10.2 Å². The van der Waals surface area contributed by atoms with Gasteiger partial charge in [0.25, 0.3) is 0 Å². The Morgan fingerprint density at radius 2 is 2.10 bits per heavy atom. The molecule has 118 valence electrons. The molecule has 0 amide bonds. The number of ether oxygens (including phenoxy) is 1. The molecule has 2 saturated carbocycles. The van der Waals surface area contributed by atoms with Gasteiger partial charge >= 0.3 is 0 Å². The minimum absolute atomic E-state index is 0.0197. The van der Waals surface area contributed by atoms with Crippen LogP contribution in [0.5, 0.6) is 0 Å². The molecule has 2 aliphatic carbocycles. The second-order valence-corrected chi connectivity index (χ2v) is 7.14. The molecule has 0 heterocycles. The predicted molar refractivity (Wildman–Crippen MR) is 81.9 cm³/mol. The second-order valence-electron chi connectivity index (χ2n) is 7.14. The molecule has 2 fully saturated rings. The smallest absolute Gasteiger partial charge is 0.0614 e. The molecule has 2 N–H and O–H groups in total. The van der Waals surface area contributed by atoms with E-state index in [-0.39, 0.29) is 12.1 Å². The molecular formula is C16H32N2O2. The molecule has 0 bridgehead atoms. The van der Waals surface area contributed by atoms with Crippen LogP contribution in [0.1, 0.15) is 46.0 Å². The van der Waals surface area contributed by atoms with Gasteiger partial charge in [-0.2, -0.15) is 0 Å². The number of aliphatic hydroxyl groups excluding tert-OH is 1. The Morgan fingerprint density at radius 1 is 1.35 bits per heavy atom. The van der Waals surface area contributed by atoms with Gasteiger partial charge < -0.3 is 15.2 Å². The van der Waals surface area contributed by atoms with Gasteiger partial charge in [0.2, 0.25) is 0 Å². The van der Waals surface area contributed by atoms with E-state index in [2.05, 4.69) is 24.1 Å². The van der Waals surface area contributed by atoms with Crippen molar-refractivity contribution in [2.75, 3.05) is 33.4 Å². The monoisotopic (exact) mass is 284 g/mol. The van der Waals surface area contributed by atoms with Gasteiger partial charge in [-0.15, -0.1) is 0 Å². The summed E-state index contributed by atoms with van der Waals surface area (Å²) in [5, 5.41) is 13.5. The molecule has 0 saturated heterocycles. The summed E-state index contributed by atoms with van der Waals surface area (Å²) >= 11 is 0. The summed E-state index contributed by atoms with van der Waals surface area (Å²) in [4.78, 5) is 2.57. The number of hydrogen-bond donors (Lipinski definition) is 2. The Hall–Kier alpha value is -0.160. The molecular weight excluding hydrogens is 252 g/mol. The van der Waals surface area contributed by atoms with E-state index in [0.29, 0.717) is 18.0 Å². The Balaban J connectivity index is 1.91. The lowest BCUT2D eigenvalue weighted by Crippen LogP contribution is -2.49. The summed E-state index contributed by atoms with van der Waals surface area (Å²) < 4.78 is 5.26. The molecule has 4 heteroatoms. The highest BCUT2D eigenvalue weighted by Gasteiger charge is 2.43. The maximum absolute atomic E-state index is 9.85. The molecule has 2 aliphatic rings. The number of nitrogens with one attached hydrogen (secondary N) is 1. The van der Waals surface area contributed by atoms with Crippen LogP contribution >= 0.6 is 0 Å². The third-order valence-corrected chi connectivity index (χ3v) is 4.67. The highest BCUT2D eigenvalue weighted by atomic mass is 16.5. The third kappa shape index (κ3) is 4.42. The van der Waals surface area contributed by atoms with E-state index in [9.17, 15) is 5.11 Å². The van der Waals surface area contributed by atoms with Crippen molar-refractivity contribution < 1.29 is 9.84 Å². The van der Waals surface area contributed by atoms with Crippen molar-refractivity contribution in [3.8, 4) is 0 Å². The van der Waals surface area contributed by atoms with Crippen LogP contribution in [0.2, 0.25) is 0 Å². The Bertz CT molecular complexity index is 294. The maximum Gasteiger partial charge on any atom is 0.0614 e. The molecule has 20 heavy (non-hydrogen) atoms. The quantitative estimate of drug-likeness (QED) is 0.675. The molecule has 0 spiro atoms. The number of rotatable bonds is 9. The first kappa shape index (κ1) is 16.2. The Morgan fingerprint density at radius 3 is 2.65 bits per heavy atom. The van der Waals surface area contributed by atoms with Gasteiger partial charge in [0.1, 0.15) is 0 Å². The number of aliphatic hydroxyl groups is 1. The highest BCUT2D eigenvalue weighted by molar-refractivity contribution is 5.03. The first-order chi connectivity index (χ1) is 9.58. The number of nitrogens with zero attached hydrogens (tertiary/aromatic N) is 1. The zero-order chi connectivity index (χ0) is 14.6. The van der Waals surface area contributed by atoms with Gasteiger partial charge in [-0.25, -0.2) is 0 Å². The van der Waals surface area contributed by atoms with Crippen LogP contribution in [0, 0.1) is 5.92 Å². The maximum atomic E-state index is 9.85. The van der Waals surface area contributed by atoms with Crippen LogP contribution in [0.15, 0.2) is 0 Å². The average molecular weight is 284 g/mol. The van der Waals surface area contributed by atoms with Gasteiger partial charge in [-0.3, -0.25) is 4.90 Å². The minimum Gasteiger partial charge on any atom is -0.394 e. The van der Waals surface area contributed by atoms with Crippen molar-refractivity contribution in [1.29, 1.82) is 0 Å². The molecule has 0 aliphatic heterocycles. The zero-order valence-corrected chi connectivity index (χ0v) is 13.4. The van der Waals surface area contributed by atoms with E-state index in [1.54, 1.807) is 7.11 Å². The van der Waals surface area contributed by atoms with E-state index >= 15 is 0 Å². The fourth-order valence-corrected chi connectivity index (χ4v) is 3.49. The molecule has 0 aromatic carbocycles. The lowest BCUT2D eigenvalue weighted by molar-refractivity contribution is 0.0999. The highest BCUT2D eigenvalue weighted by Crippen LogP contribution is 2.36. The largest absolute Gasteiger partial charge is 0.394 e. The summed E-state index contributed by atoms with van der Waals surface area (Å²) in [5.74, 6) is 0.673. The SMILES string of the molecule is COCCN(CC(C)C)C1CCC(CO)(NC2CC2)C1. The number of hydrogen-bond acceptors (Lipinski definition) is 4. The molecule has 2 unspecified atom stereocenters. The molecule has 2 atom stereocenters. The van der Waals surface area contributed by atoms with Crippen molar-refractivity contribution in [2.24, 2.45) is 5.92 Å². The molecule has 2 rings (SSSR count). The van der Waals surface area contributed by atoms with Crippen molar-refractivity contribution in [3.63, 3.8) is 0 Å². The lowest BCUT2D eigenvalue weighted by atomic mass is 9.98. The summed E-state index contributed by atoms with van der Waals surface area (Å²) in [5.41, 5.74) is -0.0197. The minimum atomic E-state index is -0.0197. The van der Waals surface area contributed by atoms with E-state index < -0.39 is 0 Å². The molecule has 4 nitrogen and oxygen atoms in total. The van der Waals surface area contributed by atoms with Gasteiger partial charge in [0.15, 0.2) is 0 Å². The van der Waals surface area contributed by atoms with Gasteiger partial charge in [0.05, 0.1) is 13.2 Å².